The lowest BCUT2D eigenvalue weighted by Crippen LogP contribution is -2.49. The Bertz CT molecular complexity index is 758. The molecule has 1 fully saturated rings. The van der Waals surface area contributed by atoms with Crippen LogP contribution >= 0.6 is 22.7 Å². The van der Waals surface area contributed by atoms with Gasteiger partial charge in [0.15, 0.2) is 6.61 Å². The topological polar surface area (TPSA) is 55.8 Å². The molecule has 5 nitrogen and oxygen atoms in total. The third kappa shape index (κ3) is 4.81. The van der Waals surface area contributed by atoms with Crippen molar-refractivity contribution in [3.63, 3.8) is 0 Å². The first-order valence-electron chi connectivity index (χ1n) is 8.42. The molecule has 3 heterocycles. The van der Waals surface area contributed by atoms with E-state index in [-0.39, 0.29) is 24.7 Å². The number of rotatable bonds is 5. The summed E-state index contributed by atoms with van der Waals surface area (Å²) in [6.45, 7) is 4.64. The third-order valence-electron chi connectivity index (χ3n) is 3.94. The molecular formula is C19H21NO4S2. The lowest BCUT2D eigenvalue weighted by molar-refractivity contribution is -0.154. The summed E-state index contributed by atoms with van der Waals surface area (Å²) >= 11 is 3.01. The van der Waals surface area contributed by atoms with Crippen LogP contribution in [0.1, 0.15) is 23.6 Å². The molecule has 0 spiro atoms. The highest BCUT2D eigenvalue weighted by molar-refractivity contribution is 7.12. The zero-order chi connectivity index (χ0) is 18.5. The number of hydrogen-bond acceptors (Lipinski definition) is 6. The van der Waals surface area contributed by atoms with Crippen molar-refractivity contribution in [1.29, 1.82) is 0 Å². The van der Waals surface area contributed by atoms with Gasteiger partial charge in [-0.1, -0.05) is 12.1 Å². The number of ether oxygens (including phenoxy) is 2. The molecule has 0 aromatic carbocycles. The highest BCUT2D eigenvalue weighted by Crippen LogP contribution is 2.26. The van der Waals surface area contributed by atoms with Crippen LogP contribution in [0.2, 0.25) is 0 Å². The van der Waals surface area contributed by atoms with Crippen molar-refractivity contribution in [2.24, 2.45) is 0 Å². The molecule has 0 saturated carbocycles. The summed E-state index contributed by atoms with van der Waals surface area (Å²) in [5.41, 5.74) is 0.471. The van der Waals surface area contributed by atoms with Crippen molar-refractivity contribution in [1.82, 2.24) is 4.90 Å². The van der Waals surface area contributed by atoms with Crippen molar-refractivity contribution < 1.29 is 19.1 Å². The van der Waals surface area contributed by atoms with Crippen LogP contribution in [0.3, 0.4) is 0 Å². The zero-order valence-electron chi connectivity index (χ0n) is 14.7. The van der Waals surface area contributed by atoms with Crippen molar-refractivity contribution >= 4 is 46.2 Å². The molecule has 2 aromatic rings. The molecule has 1 saturated heterocycles. The Morgan fingerprint density at radius 1 is 1.19 bits per heavy atom. The number of carbonyl (C=O) groups is 2. The van der Waals surface area contributed by atoms with Gasteiger partial charge in [-0.25, -0.2) is 4.79 Å². The number of thiophene rings is 2. The predicted octanol–water partition coefficient (Wildman–Crippen LogP) is 3.53. The first kappa shape index (κ1) is 18.8. The van der Waals surface area contributed by atoms with Crippen LogP contribution in [-0.4, -0.2) is 48.7 Å². The van der Waals surface area contributed by atoms with Crippen LogP contribution in [0.4, 0.5) is 0 Å². The Balaban J connectivity index is 1.66. The lowest BCUT2D eigenvalue weighted by atomic mass is 10.2. The monoisotopic (exact) mass is 391 g/mol. The first-order valence-corrected chi connectivity index (χ1v) is 10.2. The Labute approximate surface area is 160 Å². The van der Waals surface area contributed by atoms with Gasteiger partial charge in [-0.15, -0.1) is 22.7 Å². The molecule has 1 amide bonds. The molecular weight excluding hydrogens is 370 g/mol. The minimum Gasteiger partial charge on any atom is -0.452 e. The summed E-state index contributed by atoms with van der Waals surface area (Å²) < 4.78 is 11.0. The van der Waals surface area contributed by atoms with Gasteiger partial charge < -0.3 is 14.4 Å². The zero-order valence-corrected chi connectivity index (χ0v) is 16.3. The summed E-state index contributed by atoms with van der Waals surface area (Å²) in [5, 5.41) is 3.86. The molecule has 7 heteroatoms. The van der Waals surface area contributed by atoms with E-state index < -0.39 is 5.97 Å². The summed E-state index contributed by atoms with van der Waals surface area (Å²) in [6.07, 6.45) is 1.78. The largest absolute Gasteiger partial charge is 0.452 e. The Hall–Kier alpha value is -1.96. The van der Waals surface area contributed by atoms with Crippen LogP contribution in [0.25, 0.3) is 11.6 Å². The van der Waals surface area contributed by atoms with E-state index in [4.69, 9.17) is 9.47 Å². The van der Waals surface area contributed by atoms with Gasteiger partial charge in [0.25, 0.3) is 5.91 Å². The Morgan fingerprint density at radius 2 is 1.88 bits per heavy atom. The number of esters is 1. The van der Waals surface area contributed by atoms with Gasteiger partial charge in [0.05, 0.1) is 17.8 Å². The van der Waals surface area contributed by atoms with Crippen molar-refractivity contribution in [2.75, 3.05) is 19.7 Å². The lowest BCUT2D eigenvalue weighted by Gasteiger charge is -2.35. The van der Waals surface area contributed by atoms with E-state index in [0.717, 1.165) is 9.75 Å². The highest BCUT2D eigenvalue weighted by Gasteiger charge is 2.27. The maximum Gasteiger partial charge on any atom is 0.340 e. The molecule has 0 radical (unpaired) electrons. The maximum atomic E-state index is 12.6. The minimum atomic E-state index is -0.483. The van der Waals surface area contributed by atoms with Crippen molar-refractivity contribution in [3.8, 4) is 0 Å². The van der Waals surface area contributed by atoms with E-state index >= 15 is 0 Å². The van der Waals surface area contributed by atoms with Crippen LogP contribution < -0.4 is 0 Å². The summed E-state index contributed by atoms with van der Waals surface area (Å²) in [4.78, 5) is 28.5. The van der Waals surface area contributed by atoms with Gasteiger partial charge in [0.2, 0.25) is 0 Å². The fourth-order valence-corrected chi connectivity index (χ4v) is 4.24. The Kier molecular flexibility index (Phi) is 6.24. The second-order valence-corrected chi connectivity index (χ2v) is 8.11. The number of carbonyl (C=O) groups excluding carboxylic acids is 2. The van der Waals surface area contributed by atoms with Gasteiger partial charge in [-0.3, -0.25) is 4.79 Å². The molecule has 2 atom stereocenters. The van der Waals surface area contributed by atoms with Crippen molar-refractivity contribution in [2.45, 2.75) is 26.1 Å². The van der Waals surface area contributed by atoms with E-state index in [1.165, 1.54) is 11.3 Å². The van der Waals surface area contributed by atoms with E-state index in [2.05, 4.69) is 0 Å². The second kappa shape index (κ2) is 8.62. The first-order chi connectivity index (χ1) is 12.5. The maximum absolute atomic E-state index is 12.6. The summed E-state index contributed by atoms with van der Waals surface area (Å²) in [7, 11) is 0. The van der Waals surface area contributed by atoms with Crippen molar-refractivity contribution in [3.05, 3.63) is 44.8 Å². The standard InChI is InChI=1S/C19H21NO4S2/c1-13-10-20(11-14(2)24-13)18(21)12-23-19(22)16(17-6-4-8-26-17)9-15-5-3-7-25-15/h3-9,13-14H,10-12H2,1-2H3/b16-9+/t13-,14+. The number of nitrogens with zero attached hydrogens (tertiary/aromatic N) is 1. The molecule has 0 aliphatic carbocycles. The van der Waals surface area contributed by atoms with Crippen LogP contribution in [-0.2, 0) is 19.1 Å². The average Bonchev–Trinajstić information content (AvgIpc) is 3.29. The minimum absolute atomic E-state index is 0.0150. The smallest absolute Gasteiger partial charge is 0.340 e. The molecule has 26 heavy (non-hydrogen) atoms. The van der Waals surface area contributed by atoms with E-state index in [9.17, 15) is 9.59 Å². The molecule has 0 N–H and O–H groups in total. The van der Waals surface area contributed by atoms with Gasteiger partial charge in [-0.2, -0.15) is 0 Å². The average molecular weight is 392 g/mol. The SMILES string of the molecule is C[C@@H]1CN(C(=O)COC(=O)/C(=C/c2cccs2)c2cccs2)C[C@H](C)O1. The van der Waals surface area contributed by atoms with E-state index in [0.29, 0.717) is 18.7 Å². The number of amides is 1. The molecule has 1 aliphatic heterocycles. The van der Waals surface area contributed by atoms with E-state index in [1.807, 2.05) is 54.9 Å². The highest BCUT2D eigenvalue weighted by atomic mass is 32.1. The molecule has 0 unspecified atom stereocenters. The van der Waals surface area contributed by atoms with E-state index in [1.54, 1.807) is 16.2 Å². The van der Waals surface area contributed by atoms with Crippen LogP contribution in [0.15, 0.2) is 35.0 Å². The quantitative estimate of drug-likeness (QED) is 0.578. The molecule has 138 valence electrons. The van der Waals surface area contributed by atoms with Gasteiger partial charge in [-0.05, 0) is 42.8 Å². The predicted molar refractivity (Wildman–Crippen MR) is 104 cm³/mol. The number of morpholine rings is 1. The summed E-state index contributed by atoms with van der Waals surface area (Å²) in [6, 6.07) is 7.63. The van der Waals surface area contributed by atoms with Gasteiger partial charge >= 0.3 is 5.97 Å². The molecule has 2 aromatic heterocycles. The summed E-state index contributed by atoms with van der Waals surface area (Å²) in [5.74, 6) is -0.675. The number of hydrogen-bond donors (Lipinski definition) is 0. The Morgan fingerprint density at radius 3 is 2.50 bits per heavy atom. The van der Waals surface area contributed by atoms with Crippen LogP contribution in [0.5, 0.6) is 0 Å². The van der Waals surface area contributed by atoms with Gasteiger partial charge in [0, 0.05) is 22.8 Å². The normalized spacial score (nSPS) is 20.8. The van der Waals surface area contributed by atoms with Gasteiger partial charge in [0.1, 0.15) is 0 Å². The van der Waals surface area contributed by atoms with Crippen LogP contribution in [0, 0.1) is 0 Å². The molecule has 3 rings (SSSR count). The fourth-order valence-electron chi connectivity index (χ4n) is 2.86. The molecule has 1 aliphatic rings. The molecule has 0 bridgehead atoms. The fraction of sp³-hybridized carbons (Fsp3) is 0.368. The third-order valence-corrected chi connectivity index (χ3v) is 5.66. The second-order valence-electron chi connectivity index (χ2n) is 6.18.